The van der Waals surface area contributed by atoms with Crippen molar-refractivity contribution in [2.75, 3.05) is 26.9 Å². The Labute approximate surface area is 256 Å². The second kappa shape index (κ2) is 14.7. The zero-order valence-electron chi connectivity index (χ0n) is 26.3. The van der Waals surface area contributed by atoms with Gasteiger partial charge in [0.2, 0.25) is 0 Å². The maximum atomic E-state index is 14.2. The molecule has 3 N–H and O–H groups in total. The molecule has 0 aromatic heterocycles. The summed E-state index contributed by atoms with van der Waals surface area (Å²) in [5.41, 5.74) is 4.95. The fourth-order valence-electron chi connectivity index (χ4n) is 6.35. The van der Waals surface area contributed by atoms with Crippen molar-refractivity contribution in [1.29, 1.82) is 0 Å². The van der Waals surface area contributed by atoms with Crippen molar-refractivity contribution in [3.63, 3.8) is 0 Å². The third-order valence-electron chi connectivity index (χ3n) is 9.08. The van der Waals surface area contributed by atoms with Crippen LogP contribution in [0.25, 0.3) is 11.1 Å². The minimum absolute atomic E-state index is 0.0372. The molecule has 2 aliphatic rings. The van der Waals surface area contributed by atoms with Crippen LogP contribution in [-0.4, -0.2) is 48.8 Å². The standard InChI is InChI=1S/C36H47NO6/c1-6-8-17-43-35-23(4)26(21-31(39)22(3)7-2)19-27-20-29-28(13-14-30(38)33(29)34(40)32(27)35)24-11-9-12-25(18-24)36(41)37-15-10-16-42-5/h9,11-14,18,23,26-27,38-39H,6-8,10,15-17,19-21H2,1-5H3,(H,37,41)/b31-22+. The lowest BCUT2D eigenvalue weighted by Crippen LogP contribution is -2.36. The Balaban J connectivity index is 1.74. The van der Waals surface area contributed by atoms with Gasteiger partial charge in [0.05, 0.1) is 17.9 Å². The molecule has 0 spiro atoms. The van der Waals surface area contributed by atoms with Gasteiger partial charge in [0.15, 0.2) is 5.78 Å². The van der Waals surface area contributed by atoms with Crippen LogP contribution in [0.15, 0.2) is 59.1 Å². The molecule has 0 aliphatic heterocycles. The van der Waals surface area contributed by atoms with Crippen molar-refractivity contribution in [2.24, 2.45) is 17.8 Å². The Kier molecular flexibility index (Phi) is 11.1. The number of phenolic OH excluding ortho intramolecular Hbond substituents is 1. The van der Waals surface area contributed by atoms with Gasteiger partial charge in [-0.2, -0.15) is 0 Å². The molecule has 1 amide bonds. The summed E-state index contributed by atoms with van der Waals surface area (Å²) < 4.78 is 11.4. The quantitative estimate of drug-likeness (QED) is 0.165. The summed E-state index contributed by atoms with van der Waals surface area (Å²) in [7, 11) is 1.63. The van der Waals surface area contributed by atoms with Gasteiger partial charge in [-0.25, -0.2) is 0 Å². The number of methoxy groups -OCH3 is 1. The van der Waals surface area contributed by atoms with Crippen LogP contribution in [0.3, 0.4) is 0 Å². The molecule has 7 heteroatoms. The highest BCUT2D eigenvalue weighted by molar-refractivity contribution is 6.14. The van der Waals surface area contributed by atoms with Crippen molar-refractivity contribution in [3.05, 3.63) is 75.8 Å². The van der Waals surface area contributed by atoms with Crippen LogP contribution in [0.2, 0.25) is 0 Å². The lowest BCUT2D eigenvalue weighted by molar-refractivity contribution is 0.0899. The van der Waals surface area contributed by atoms with Gasteiger partial charge in [-0.1, -0.05) is 45.4 Å². The SMILES string of the molecule is CCCCOC1=C2C(=O)c3c(O)ccc(-c4cccc(C(=O)NCCCOC)c4)c3CC2CC(C/C(O)=C(/C)CC)C1C. The molecule has 0 saturated carbocycles. The van der Waals surface area contributed by atoms with E-state index in [1.165, 1.54) is 0 Å². The average Bonchev–Trinajstić information content (AvgIpc) is 3.00. The zero-order chi connectivity index (χ0) is 31.1. The van der Waals surface area contributed by atoms with E-state index >= 15 is 0 Å². The van der Waals surface area contributed by atoms with Gasteiger partial charge in [0.25, 0.3) is 5.91 Å². The number of amides is 1. The van der Waals surface area contributed by atoms with E-state index < -0.39 is 0 Å². The third kappa shape index (κ3) is 7.15. The monoisotopic (exact) mass is 589 g/mol. The first-order chi connectivity index (χ1) is 20.7. The number of aliphatic hydroxyl groups is 1. The second-order valence-corrected chi connectivity index (χ2v) is 11.9. The number of ether oxygens (including phenoxy) is 2. The number of benzene rings is 2. The van der Waals surface area contributed by atoms with Gasteiger partial charge in [-0.05, 0) is 91.3 Å². The molecule has 2 aliphatic carbocycles. The molecule has 0 heterocycles. The Morgan fingerprint density at radius 1 is 1.12 bits per heavy atom. The van der Waals surface area contributed by atoms with E-state index in [1.807, 2.05) is 38.1 Å². The van der Waals surface area contributed by atoms with Crippen molar-refractivity contribution in [2.45, 2.75) is 72.6 Å². The minimum Gasteiger partial charge on any atom is -0.512 e. The van der Waals surface area contributed by atoms with Crippen LogP contribution in [0.5, 0.6) is 5.75 Å². The highest BCUT2D eigenvalue weighted by Crippen LogP contribution is 2.49. The first kappa shape index (κ1) is 32.3. The maximum absolute atomic E-state index is 14.2. The second-order valence-electron chi connectivity index (χ2n) is 11.9. The number of fused-ring (bicyclic) bond motifs is 2. The van der Waals surface area contributed by atoms with Crippen LogP contribution in [0.1, 0.15) is 92.5 Å². The van der Waals surface area contributed by atoms with Crippen molar-refractivity contribution in [1.82, 2.24) is 5.32 Å². The molecule has 232 valence electrons. The molecule has 3 atom stereocenters. The number of hydrogen-bond acceptors (Lipinski definition) is 6. The van der Waals surface area contributed by atoms with E-state index in [9.17, 15) is 19.8 Å². The van der Waals surface area contributed by atoms with Crippen molar-refractivity contribution >= 4 is 11.7 Å². The average molecular weight is 590 g/mol. The molecule has 2 aromatic carbocycles. The third-order valence-corrected chi connectivity index (χ3v) is 9.08. The van der Waals surface area contributed by atoms with Crippen LogP contribution < -0.4 is 5.32 Å². The number of carbonyl (C=O) groups excluding carboxylic acids is 2. The number of phenols is 1. The molecule has 3 unspecified atom stereocenters. The molecular weight excluding hydrogens is 542 g/mol. The topological polar surface area (TPSA) is 105 Å². The van der Waals surface area contributed by atoms with Crippen LogP contribution in [0.4, 0.5) is 0 Å². The molecule has 2 aromatic rings. The van der Waals surface area contributed by atoms with Crippen molar-refractivity contribution < 1.29 is 29.3 Å². The summed E-state index contributed by atoms with van der Waals surface area (Å²) in [5, 5.41) is 24.8. The first-order valence-corrected chi connectivity index (χ1v) is 15.7. The number of unbranched alkanes of at least 4 members (excludes halogenated alkanes) is 1. The number of nitrogens with one attached hydrogen (secondary N) is 1. The lowest BCUT2D eigenvalue weighted by atomic mass is 9.65. The van der Waals surface area contributed by atoms with E-state index in [1.54, 1.807) is 19.2 Å². The van der Waals surface area contributed by atoms with Gasteiger partial charge >= 0.3 is 0 Å². The van der Waals surface area contributed by atoms with Gasteiger partial charge in [0.1, 0.15) is 11.5 Å². The smallest absolute Gasteiger partial charge is 0.251 e. The number of carbonyl (C=O) groups is 2. The number of rotatable bonds is 13. The number of aliphatic hydroxyl groups excluding tert-OH is 1. The predicted molar refractivity (Wildman–Crippen MR) is 169 cm³/mol. The predicted octanol–water partition coefficient (Wildman–Crippen LogP) is 7.54. The van der Waals surface area contributed by atoms with E-state index in [-0.39, 0.29) is 35.2 Å². The minimum atomic E-state index is -0.182. The summed E-state index contributed by atoms with van der Waals surface area (Å²) in [6.45, 7) is 9.82. The summed E-state index contributed by atoms with van der Waals surface area (Å²) in [6.07, 6.45) is 5.22. The Morgan fingerprint density at radius 3 is 2.63 bits per heavy atom. The maximum Gasteiger partial charge on any atom is 0.251 e. The van der Waals surface area contributed by atoms with E-state index in [4.69, 9.17) is 9.47 Å². The van der Waals surface area contributed by atoms with Crippen LogP contribution >= 0.6 is 0 Å². The Bertz CT molecular complexity index is 1390. The summed E-state index contributed by atoms with van der Waals surface area (Å²) in [5.74, 6) is 0.734. The molecule has 0 radical (unpaired) electrons. The molecule has 7 nitrogen and oxygen atoms in total. The number of Topliss-reactive ketones (excluding diaryl/α,β-unsaturated/α-hetero) is 1. The van der Waals surface area contributed by atoms with Gasteiger partial charge in [-0.15, -0.1) is 0 Å². The van der Waals surface area contributed by atoms with Gasteiger partial charge in [-0.3, -0.25) is 9.59 Å². The summed E-state index contributed by atoms with van der Waals surface area (Å²) >= 11 is 0. The molecular formula is C36H47NO6. The number of aromatic hydroxyl groups is 1. The lowest BCUT2D eigenvalue weighted by Gasteiger charge is -2.40. The molecule has 0 saturated heterocycles. The fourth-order valence-corrected chi connectivity index (χ4v) is 6.35. The number of allylic oxidation sites excluding steroid dienone is 4. The van der Waals surface area contributed by atoms with Crippen molar-refractivity contribution in [3.8, 4) is 16.9 Å². The molecule has 0 bridgehead atoms. The molecule has 0 fully saturated rings. The fraction of sp³-hybridized carbons (Fsp3) is 0.500. The Morgan fingerprint density at radius 2 is 1.91 bits per heavy atom. The zero-order valence-corrected chi connectivity index (χ0v) is 26.3. The molecule has 4 rings (SSSR count). The summed E-state index contributed by atoms with van der Waals surface area (Å²) in [4.78, 5) is 27.1. The van der Waals surface area contributed by atoms with Gasteiger partial charge in [0, 0.05) is 43.7 Å². The highest BCUT2D eigenvalue weighted by atomic mass is 16.5. The van der Waals surface area contributed by atoms with E-state index in [0.717, 1.165) is 54.4 Å². The van der Waals surface area contributed by atoms with E-state index in [2.05, 4.69) is 19.2 Å². The molecule has 43 heavy (non-hydrogen) atoms. The highest BCUT2D eigenvalue weighted by Gasteiger charge is 2.44. The van der Waals surface area contributed by atoms with Crippen LogP contribution in [0, 0.1) is 17.8 Å². The largest absolute Gasteiger partial charge is 0.512 e. The normalized spacial score (nSPS) is 20.3. The Hall–Kier alpha value is -3.58. The summed E-state index contributed by atoms with van der Waals surface area (Å²) in [6, 6.07) is 10.8. The van der Waals surface area contributed by atoms with Crippen LogP contribution in [-0.2, 0) is 15.9 Å². The number of ketones is 1. The first-order valence-electron chi connectivity index (χ1n) is 15.7. The van der Waals surface area contributed by atoms with Gasteiger partial charge < -0.3 is 25.0 Å². The van der Waals surface area contributed by atoms with E-state index in [0.29, 0.717) is 60.8 Å². The number of hydrogen-bond donors (Lipinski definition) is 3.